The lowest BCUT2D eigenvalue weighted by molar-refractivity contribution is 0.0830. The average Bonchev–Trinajstić information content (AvgIpc) is 2.52. The standard InChI is InChI=1S/C15H18N2O2S/c18-15(19-11-14-4-2-1-3-5-14)17-8-6-13(7-9-17)10-16-12-20/h1-5,13H,6-11H2. The number of ether oxygens (including phenoxy) is 1. The Labute approximate surface area is 124 Å². The number of likely N-dealkylation sites (tertiary alicyclic amines) is 1. The van der Waals surface area contributed by atoms with Crippen LogP contribution in [0.1, 0.15) is 18.4 Å². The van der Waals surface area contributed by atoms with Crippen molar-refractivity contribution in [1.82, 2.24) is 4.90 Å². The van der Waals surface area contributed by atoms with Crippen molar-refractivity contribution in [2.75, 3.05) is 19.6 Å². The van der Waals surface area contributed by atoms with Gasteiger partial charge in [-0.25, -0.2) is 9.79 Å². The Hall–Kier alpha value is -1.71. The molecular formula is C15H18N2O2S. The largest absolute Gasteiger partial charge is 0.445 e. The van der Waals surface area contributed by atoms with Crippen LogP contribution in [0, 0.1) is 5.92 Å². The molecule has 0 aromatic heterocycles. The smallest absolute Gasteiger partial charge is 0.410 e. The van der Waals surface area contributed by atoms with E-state index in [1.54, 1.807) is 4.90 Å². The number of thiocarbonyl (C=S) groups is 1. The summed E-state index contributed by atoms with van der Waals surface area (Å²) in [6.07, 6.45) is 1.66. The minimum atomic E-state index is -0.231. The van der Waals surface area contributed by atoms with Crippen LogP contribution in [0.15, 0.2) is 35.3 Å². The number of benzene rings is 1. The summed E-state index contributed by atoms with van der Waals surface area (Å²) in [6.45, 7) is 2.50. The minimum absolute atomic E-state index is 0.231. The summed E-state index contributed by atoms with van der Waals surface area (Å²) in [4.78, 5) is 17.7. The van der Waals surface area contributed by atoms with Crippen molar-refractivity contribution in [3.63, 3.8) is 0 Å². The molecule has 5 heteroatoms. The first-order chi connectivity index (χ1) is 9.79. The number of rotatable bonds is 4. The second kappa shape index (κ2) is 7.78. The number of hydrogen-bond donors (Lipinski definition) is 0. The summed E-state index contributed by atoms with van der Waals surface area (Å²) in [6, 6.07) is 9.71. The molecule has 0 bridgehead atoms. The Morgan fingerprint density at radius 2 is 2.05 bits per heavy atom. The van der Waals surface area contributed by atoms with Gasteiger partial charge in [-0.1, -0.05) is 30.3 Å². The molecule has 0 radical (unpaired) electrons. The summed E-state index contributed by atoms with van der Waals surface area (Å²) < 4.78 is 5.32. The van der Waals surface area contributed by atoms with Crippen molar-refractivity contribution < 1.29 is 9.53 Å². The number of carbonyl (C=O) groups excluding carboxylic acids is 1. The van der Waals surface area contributed by atoms with Crippen molar-refractivity contribution in [3.05, 3.63) is 35.9 Å². The van der Waals surface area contributed by atoms with Gasteiger partial charge in [0.2, 0.25) is 0 Å². The van der Waals surface area contributed by atoms with E-state index in [0.717, 1.165) is 38.0 Å². The molecule has 1 aliphatic rings. The number of piperidine rings is 1. The summed E-state index contributed by atoms with van der Waals surface area (Å²) in [7, 11) is 0. The van der Waals surface area contributed by atoms with Crippen LogP contribution in [0.4, 0.5) is 4.79 Å². The Morgan fingerprint density at radius 3 is 2.70 bits per heavy atom. The molecule has 1 amide bonds. The van der Waals surface area contributed by atoms with Crippen LogP contribution in [0.2, 0.25) is 0 Å². The quantitative estimate of drug-likeness (QED) is 0.632. The number of isothiocyanates is 1. The number of carbonyl (C=O) groups is 1. The highest BCUT2D eigenvalue weighted by molar-refractivity contribution is 7.78. The normalized spacial score (nSPS) is 15.5. The van der Waals surface area contributed by atoms with Crippen LogP contribution in [0.25, 0.3) is 0 Å². The van der Waals surface area contributed by atoms with Gasteiger partial charge in [-0.2, -0.15) is 0 Å². The van der Waals surface area contributed by atoms with Crippen LogP contribution < -0.4 is 0 Å². The zero-order valence-corrected chi connectivity index (χ0v) is 12.1. The Bertz CT molecular complexity index is 478. The molecule has 1 aromatic rings. The van der Waals surface area contributed by atoms with E-state index in [-0.39, 0.29) is 6.09 Å². The summed E-state index contributed by atoms with van der Waals surface area (Å²) >= 11 is 4.56. The fourth-order valence-electron chi connectivity index (χ4n) is 2.28. The first-order valence-electron chi connectivity index (χ1n) is 6.79. The molecule has 0 saturated carbocycles. The summed E-state index contributed by atoms with van der Waals surface area (Å²) in [5.41, 5.74) is 1.01. The highest BCUT2D eigenvalue weighted by atomic mass is 32.1. The molecule has 4 nitrogen and oxygen atoms in total. The molecule has 20 heavy (non-hydrogen) atoms. The highest BCUT2D eigenvalue weighted by Gasteiger charge is 2.23. The number of aliphatic imine (C=N–C) groups is 1. The molecule has 0 spiro atoms. The van der Waals surface area contributed by atoms with Crippen molar-refractivity contribution in [1.29, 1.82) is 0 Å². The van der Waals surface area contributed by atoms with E-state index in [4.69, 9.17) is 4.74 Å². The molecular weight excluding hydrogens is 272 g/mol. The Morgan fingerprint density at radius 1 is 1.35 bits per heavy atom. The fourth-order valence-corrected chi connectivity index (χ4v) is 2.35. The maximum atomic E-state index is 11.9. The van der Waals surface area contributed by atoms with Gasteiger partial charge in [0.15, 0.2) is 0 Å². The van der Waals surface area contributed by atoms with Gasteiger partial charge in [-0.15, -0.1) is 0 Å². The lowest BCUT2D eigenvalue weighted by Gasteiger charge is -2.30. The molecule has 0 unspecified atom stereocenters. The third-order valence-corrected chi connectivity index (χ3v) is 3.62. The van der Waals surface area contributed by atoms with Crippen LogP contribution in [-0.4, -0.2) is 35.8 Å². The molecule has 1 heterocycles. The Kier molecular flexibility index (Phi) is 5.71. The molecule has 1 saturated heterocycles. The van der Waals surface area contributed by atoms with E-state index in [2.05, 4.69) is 22.4 Å². The van der Waals surface area contributed by atoms with Gasteiger partial charge in [0.05, 0.1) is 11.7 Å². The van der Waals surface area contributed by atoms with Gasteiger partial charge in [-0.3, -0.25) is 0 Å². The lowest BCUT2D eigenvalue weighted by atomic mass is 9.97. The van der Waals surface area contributed by atoms with Crippen molar-refractivity contribution in [3.8, 4) is 0 Å². The van der Waals surface area contributed by atoms with Crippen LogP contribution in [0.3, 0.4) is 0 Å². The molecule has 0 N–H and O–H groups in total. The number of amides is 1. The Balaban J connectivity index is 1.73. The van der Waals surface area contributed by atoms with Crippen molar-refractivity contribution in [2.45, 2.75) is 19.4 Å². The highest BCUT2D eigenvalue weighted by Crippen LogP contribution is 2.18. The van der Waals surface area contributed by atoms with E-state index in [0.29, 0.717) is 12.5 Å². The van der Waals surface area contributed by atoms with Gasteiger partial charge >= 0.3 is 6.09 Å². The third kappa shape index (κ3) is 4.44. The number of nitrogens with zero attached hydrogens (tertiary/aromatic N) is 2. The average molecular weight is 290 g/mol. The van der Waals surface area contributed by atoms with Gasteiger partial charge in [0, 0.05) is 13.1 Å². The molecule has 0 atom stereocenters. The van der Waals surface area contributed by atoms with E-state index in [1.165, 1.54) is 0 Å². The molecule has 2 rings (SSSR count). The second-order valence-corrected chi connectivity index (χ2v) is 5.09. The van der Waals surface area contributed by atoms with Crippen molar-refractivity contribution >= 4 is 23.5 Å². The van der Waals surface area contributed by atoms with Crippen molar-refractivity contribution in [2.24, 2.45) is 10.9 Å². The second-order valence-electron chi connectivity index (χ2n) is 4.90. The zero-order valence-electron chi connectivity index (χ0n) is 11.3. The SMILES string of the molecule is O=C(OCc1ccccc1)N1CCC(CN=C=S)CC1. The minimum Gasteiger partial charge on any atom is -0.445 e. The van der Waals surface area contributed by atoms with Crippen LogP contribution in [-0.2, 0) is 11.3 Å². The van der Waals surface area contributed by atoms with Gasteiger partial charge in [0.1, 0.15) is 6.61 Å². The lowest BCUT2D eigenvalue weighted by Crippen LogP contribution is -2.39. The van der Waals surface area contributed by atoms with Gasteiger partial charge < -0.3 is 9.64 Å². The molecule has 1 aromatic carbocycles. The molecule has 1 fully saturated rings. The predicted molar refractivity (Wildman–Crippen MR) is 80.8 cm³/mol. The van der Waals surface area contributed by atoms with Crippen LogP contribution >= 0.6 is 12.2 Å². The monoisotopic (exact) mass is 290 g/mol. The molecule has 1 aliphatic heterocycles. The fraction of sp³-hybridized carbons (Fsp3) is 0.467. The van der Waals surface area contributed by atoms with Gasteiger partial charge in [0.25, 0.3) is 0 Å². The maximum Gasteiger partial charge on any atom is 0.410 e. The van der Waals surface area contributed by atoms with E-state index >= 15 is 0 Å². The number of hydrogen-bond acceptors (Lipinski definition) is 4. The third-order valence-electron chi connectivity index (χ3n) is 3.49. The van der Waals surface area contributed by atoms with Gasteiger partial charge in [-0.05, 0) is 36.5 Å². The predicted octanol–water partition coefficient (Wildman–Crippen LogP) is 3.14. The van der Waals surface area contributed by atoms with E-state index in [9.17, 15) is 4.79 Å². The first-order valence-corrected chi connectivity index (χ1v) is 7.19. The summed E-state index contributed by atoms with van der Waals surface area (Å²) in [5.74, 6) is 0.503. The maximum absolute atomic E-state index is 11.9. The van der Waals surface area contributed by atoms with E-state index in [1.807, 2.05) is 30.3 Å². The summed E-state index contributed by atoms with van der Waals surface area (Å²) in [5, 5.41) is 2.39. The first kappa shape index (κ1) is 14.7. The van der Waals surface area contributed by atoms with E-state index < -0.39 is 0 Å². The molecule has 0 aliphatic carbocycles. The molecule has 106 valence electrons. The zero-order chi connectivity index (χ0) is 14.2. The van der Waals surface area contributed by atoms with Crippen LogP contribution in [0.5, 0.6) is 0 Å². The topological polar surface area (TPSA) is 41.9 Å².